The van der Waals surface area contributed by atoms with E-state index in [1.807, 2.05) is 6.07 Å². The van der Waals surface area contributed by atoms with Crippen LogP contribution in [-0.2, 0) is 6.54 Å². The van der Waals surface area contributed by atoms with Crippen molar-refractivity contribution >= 4 is 0 Å². The van der Waals surface area contributed by atoms with E-state index < -0.39 is 11.6 Å². The molecule has 1 aromatic carbocycles. The molecule has 0 aliphatic rings. The maximum Gasteiger partial charge on any atom is 0.128 e. The van der Waals surface area contributed by atoms with E-state index >= 15 is 0 Å². The Labute approximate surface area is 104 Å². The highest BCUT2D eigenvalue weighted by atomic mass is 19.1. The second-order valence-corrected chi connectivity index (χ2v) is 4.06. The minimum atomic E-state index is -0.605. The van der Waals surface area contributed by atoms with Crippen LogP contribution in [0.4, 0.5) is 8.78 Å². The minimum Gasteiger partial charge on any atom is -0.311 e. The molecular weight excluding hydrogens is 236 g/mol. The highest BCUT2D eigenvalue weighted by Gasteiger charge is 2.04. The number of rotatable bonds is 5. The molecule has 3 nitrogen and oxygen atoms in total. The molecule has 0 bridgehead atoms. The van der Waals surface area contributed by atoms with Crippen molar-refractivity contribution in [2.75, 3.05) is 6.54 Å². The highest BCUT2D eigenvalue weighted by Crippen LogP contribution is 2.12. The summed E-state index contributed by atoms with van der Waals surface area (Å²) in [6.07, 6.45) is 2.74. The third-order valence-electron chi connectivity index (χ3n) is 2.49. The summed E-state index contributed by atoms with van der Waals surface area (Å²) in [5.41, 5.74) is 1.22. The van der Waals surface area contributed by atoms with Crippen LogP contribution in [0.2, 0.25) is 0 Å². The lowest BCUT2D eigenvalue weighted by Gasteiger charge is -2.02. The lowest BCUT2D eigenvalue weighted by molar-refractivity contribution is 0.579. The lowest BCUT2D eigenvalue weighted by atomic mass is 10.3. The number of hydrogen-bond donors (Lipinski definition) is 1. The predicted molar refractivity (Wildman–Crippen MR) is 65.5 cm³/mol. The first-order valence-corrected chi connectivity index (χ1v) is 5.91. The molecule has 2 rings (SSSR count). The average Bonchev–Trinajstić information content (AvgIpc) is 2.77. The predicted octanol–water partition coefficient (Wildman–Crippen LogP) is 2.65. The zero-order valence-electron chi connectivity index (χ0n) is 10.2. The Kier molecular flexibility index (Phi) is 4.04. The van der Waals surface area contributed by atoms with E-state index in [0.717, 1.165) is 24.7 Å². The van der Waals surface area contributed by atoms with Crippen LogP contribution in [0, 0.1) is 11.6 Å². The quantitative estimate of drug-likeness (QED) is 0.828. The van der Waals surface area contributed by atoms with Crippen LogP contribution < -0.4 is 5.32 Å². The molecule has 5 heteroatoms. The molecule has 1 aromatic heterocycles. The van der Waals surface area contributed by atoms with Gasteiger partial charge in [0, 0.05) is 18.8 Å². The van der Waals surface area contributed by atoms with Crippen LogP contribution in [0.25, 0.3) is 5.69 Å². The van der Waals surface area contributed by atoms with Crippen LogP contribution in [-0.4, -0.2) is 16.3 Å². The van der Waals surface area contributed by atoms with Crippen LogP contribution in [0.15, 0.2) is 30.5 Å². The van der Waals surface area contributed by atoms with Crippen molar-refractivity contribution in [3.8, 4) is 5.69 Å². The molecule has 0 spiro atoms. The normalized spacial score (nSPS) is 10.8. The number of aromatic nitrogens is 2. The number of benzene rings is 1. The largest absolute Gasteiger partial charge is 0.311 e. The molecule has 0 fully saturated rings. The molecule has 0 radical (unpaired) electrons. The zero-order chi connectivity index (χ0) is 13.0. The summed E-state index contributed by atoms with van der Waals surface area (Å²) in [5.74, 6) is -1.21. The van der Waals surface area contributed by atoms with E-state index in [0.29, 0.717) is 12.2 Å². The van der Waals surface area contributed by atoms with E-state index in [-0.39, 0.29) is 0 Å². The van der Waals surface area contributed by atoms with Gasteiger partial charge in [0.05, 0.1) is 11.4 Å². The summed E-state index contributed by atoms with van der Waals surface area (Å²) in [7, 11) is 0. The van der Waals surface area contributed by atoms with E-state index in [1.54, 1.807) is 6.20 Å². The zero-order valence-corrected chi connectivity index (χ0v) is 10.2. The lowest BCUT2D eigenvalue weighted by Crippen LogP contribution is -2.14. The summed E-state index contributed by atoms with van der Waals surface area (Å²) >= 11 is 0. The molecule has 0 aliphatic carbocycles. The fourth-order valence-corrected chi connectivity index (χ4v) is 1.66. The fourth-order valence-electron chi connectivity index (χ4n) is 1.66. The minimum absolute atomic E-state index is 0.384. The fraction of sp³-hybridized carbons (Fsp3) is 0.308. The van der Waals surface area contributed by atoms with Gasteiger partial charge in [-0.1, -0.05) is 6.92 Å². The van der Waals surface area contributed by atoms with Gasteiger partial charge in [0.2, 0.25) is 0 Å². The van der Waals surface area contributed by atoms with Crippen molar-refractivity contribution in [1.29, 1.82) is 0 Å². The van der Waals surface area contributed by atoms with Crippen molar-refractivity contribution in [1.82, 2.24) is 15.1 Å². The summed E-state index contributed by atoms with van der Waals surface area (Å²) in [4.78, 5) is 0. The third kappa shape index (κ3) is 3.13. The van der Waals surface area contributed by atoms with E-state index in [9.17, 15) is 8.78 Å². The topological polar surface area (TPSA) is 29.9 Å². The van der Waals surface area contributed by atoms with Crippen LogP contribution in [0.5, 0.6) is 0 Å². The van der Waals surface area contributed by atoms with Gasteiger partial charge in [-0.15, -0.1) is 0 Å². The second kappa shape index (κ2) is 5.73. The standard InChI is InChI=1S/C13H15F2N3/c1-2-4-16-9-12-3-5-18(17-12)13-7-10(14)6-11(15)8-13/h3,5-8,16H,2,4,9H2,1H3. The molecule has 0 saturated carbocycles. The maximum atomic E-state index is 13.1. The maximum absolute atomic E-state index is 13.1. The first kappa shape index (κ1) is 12.7. The monoisotopic (exact) mass is 251 g/mol. The van der Waals surface area contributed by atoms with Gasteiger partial charge in [-0.25, -0.2) is 13.5 Å². The van der Waals surface area contributed by atoms with Gasteiger partial charge in [-0.2, -0.15) is 5.10 Å². The Morgan fingerprint density at radius 2 is 1.94 bits per heavy atom. The Morgan fingerprint density at radius 1 is 1.22 bits per heavy atom. The summed E-state index contributed by atoms with van der Waals surface area (Å²) in [6.45, 7) is 3.65. The van der Waals surface area contributed by atoms with Crippen molar-refractivity contribution in [2.45, 2.75) is 19.9 Å². The van der Waals surface area contributed by atoms with Crippen molar-refractivity contribution < 1.29 is 8.78 Å². The Morgan fingerprint density at radius 3 is 2.61 bits per heavy atom. The number of nitrogens with one attached hydrogen (secondary N) is 1. The first-order valence-electron chi connectivity index (χ1n) is 5.91. The van der Waals surface area contributed by atoms with Crippen LogP contribution in [0.3, 0.4) is 0 Å². The second-order valence-electron chi connectivity index (χ2n) is 4.06. The highest BCUT2D eigenvalue weighted by molar-refractivity contribution is 5.32. The molecule has 0 amide bonds. The summed E-state index contributed by atoms with van der Waals surface area (Å²) < 4.78 is 27.6. The van der Waals surface area contributed by atoms with Gasteiger partial charge in [-0.05, 0) is 31.2 Å². The van der Waals surface area contributed by atoms with Gasteiger partial charge in [0.1, 0.15) is 11.6 Å². The molecule has 1 N–H and O–H groups in total. The molecular formula is C13H15F2N3. The average molecular weight is 251 g/mol. The van der Waals surface area contributed by atoms with Crippen LogP contribution in [0.1, 0.15) is 19.0 Å². The number of hydrogen-bond acceptors (Lipinski definition) is 2. The van der Waals surface area contributed by atoms with Gasteiger partial charge >= 0.3 is 0 Å². The Hall–Kier alpha value is -1.75. The van der Waals surface area contributed by atoms with E-state index in [4.69, 9.17) is 0 Å². The molecule has 0 aliphatic heterocycles. The van der Waals surface area contributed by atoms with Gasteiger partial charge in [0.15, 0.2) is 0 Å². The SMILES string of the molecule is CCCNCc1ccn(-c2cc(F)cc(F)c2)n1. The molecule has 18 heavy (non-hydrogen) atoms. The van der Waals surface area contributed by atoms with Crippen LogP contribution >= 0.6 is 0 Å². The smallest absolute Gasteiger partial charge is 0.128 e. The molecule has 0 unspecified atom stereocenters. The molecule has 1 heterocycles. The molecule has 0 saturated heterocycles. The summed E-state index contributed by atoms with van der Waals surface area (Å²) in [6, 6.07) is 5.17. The van der Waals surface area contributed by atoms with Crippen molar-refractivity contribution in [3.63, 3.8) is 0 Å². The summed E-state index contributed by atoms with van der Waals surface area (Å²) in [5, 5.41) is 7.47. The number of halogens is 2. The Bertz CT molecular complexity index is 502. The third-order valence-corrected chi connectivity index (χ3v) is 2.49. The Balaban J connectivity index is 2.13. The van der Waals surface area contributed by atoms with Gasteiger partial charge in [-0.3, -0.25) is 0 Å². The first-order chi connectivity index (χ1) is 8.69. The molecule has 96 valence electrons. The van der Waals surface area contributed by atoms with Gasteiger partial charge < -0.3 is 5.32 Å². The van der Waals surface area contributed by atoms with Crippen molar-refractivity contribution in [3.05, 3.63) is 47.8 Å². The van der Waals surface area contributed by atoms with E-state index in [1.165, 1.54) is 16.8 Å². The molecule has 0 atom stereocenters. The van der Waals surface area contributed by atoms with Gasteiger partial charge in [0.25, 0.3) is 0 Å². The van der Waals surface area contributed by atoms with Crippen molar-refractivity contribution in [2.24, 2.45) is 0 Å². The van der Waals surface area contributed by atoms with E-state index in [2.05, 4.69) is 17.3 Å². The molecule has 2 aromatic rings. The number of nitrogens with zero attached hydrogens (tertiary/aromatic N) is 2.